The summed E-state index contributed by atoms with van der Waals surface area (Å²) in [5.41, 5.74) is 0. The number of benzene rings is 1. The number of para-hydroxylation sites is 1. The Bertz CT molecular complexity index is 634. The lowest BCUT2D eigenvalue weighted by Crippen LogP contribution is -2.39. The van der Waals surface area contributed by atoms with Crippen molar-refractivity contribution < 1.29 is 34.2 Å². The van der Waals surface area contributed by atoms with E-state index in [9.17, 15) is 21.4 Å². The van der Waals surface area contributed by atoms with Crippen LogP contribution in [0, 0.1) is 0 Å². The van der Waals surface area contributed by atoms with E-state index in [1.54, 1.807) is 24.3 Å². The Morgan fingerprint density at radius 1 is 1.05 bits per heavy atom. The molecule has 0 spiro atoms. The van der Waals surface area contributed by atoms with Crippen molar-refractivity contribution in [2.75, 3.05) is 40.6 Å². The number of quaternary nitrogens is 1. The molecule has 0 aromatic heterocycles. The van der Waals surface area contributed by atoms with E-state index < -0.39 is 20.5 Å². The van der Waals surface area contributed by atoms with Gasteiger partial charge in [-0.15, -0.1) is 0 Å². The van der Waals surface area contributed by atoms with E-state index in [4.69, 9.17) is 4.18 Å². The SMILES string of the molecule is COS(=O)(=O)[O-].C[N+](C)(C)CCS(=O)(=O)Oc1ccccc1. The molecule has 1 aromatic rings. The van der Waals surface area contributed by atoms with Gasteiger partial charge in [0.25, 0.3) is 0 Å². The first-order valence-electron chi connectivity index (χ1n) is 6.14. The Kier molecular flexibility index (Phi) is 7.98. The van der Waals surface area contributed by atoms with E-state index in [0.717, 1.165) is 7.11 Å². The van der Waals surface area contributed by atoms with Crippen LogP contribution >= 0.6 is 0 Å². The van der Waals surface area contributed by atoms with Crippen molar-refractivity contribution in [1.29, 1.82) is 0 Å². The standard InChI is InChI=1S/C11H18NO3S.CH4O4S/c1-12(2,3)9-10-16(13,14)15-11-7-5-4-6-8-11;1-5-6(2,3)4/h4-8H,9-10H2,1-3H3;1H3,(H,2,3,4)/q+1;/p-1. The molecule has 128 valence electrons. The summed E-state index contributed by atoms with van der Waals surface area (Å²) in [6.45, 7) is 0.523. The van der Waals surface area contributed by atoms with Crippen LogP contribution in [0.5, 0.6) is 5.75 Å². The maximum Gasteiger partial charge on any atom is 0.314 e. The van der Waals surface area contributed by atoms with Gasteiger partial charge in [0.1, 0.15) is 11.5 Å². The summed E-state index contributed by atoms with van der Waals surface area (Å²) in [7, 11) is -1.26. The van der Waals surface area contributed by atoms with Crippen molar-refractivity contribution in [3.8, 4) is 5.75 Å². The Labute approximate surface area is 131 Å². The molecule has 0 aliphatic rings. The van der Waals surface area contributed by atoms with E-state index in [1.807, 2.05) is 27.2 Å². The molecule has 0 aliphatic carbocycles. The Balaban J connectivity index is 0.000000626. The van der Waals surface area contributed by atoms with Crippen LogP contribution in [-0.2, 0) is 24.7 Å². The van der Waals surface area contributed by atoms with Crippen LogP contribution in [0.1, 0.15) is 0 Å². The molecule has 0 unspecified atom stereocenters. The molecule has 0 N–H and O–H groups in total. The summed E-state index contributed by atoms with van der Waals surface area (Å²) >= 11 is 0. The van der Waals surface area contributed by atoms with Gasteiger partial charge in [0.15, 0.2) is 0 Å². The molecule has 0 bridgehead atoms. The number of nitrogens with zero attached hydrogens (tertiary/aromatic N) is 1. The van der Waals surface area contributed by atoms with Gasteiger partial charge >= 0.3 is 10.1 Å². The number of rotatable bonds is 6. The highest BCUT2D eigenvalue weighted by molar-refractivity contribution is 7.87. The molecule has 0 radical (unpaired) electrons. The van der Waals surface area contributed by atoms with Crippen molar-refractivity contribution in [2.24, 2.45) is 0 Å². The summed E-state index contributed by atoms with van der Waals surface area (Å²) in [6, 6.07) is 8.55. The minimum Gasteiger partial charge on any atom is -0.726 e. The smallest absolute Gasteiger partial charge is 0.314 e. The fraction of sp³-hybridized carbons (Fsp3) is 0.500. The lowest BCUT2D eigenvalue weighted by molar-refractivity contribution is -0.867. The highest BCUT2D eigenvalue weighted by Crippen LogP contribution is 2.11. The molecule has 8 nitrogen and oxygen atoms in total. The van der Waals surface area contributed by atoms with Crippen molar-refractivity contribution in [1.82, 2.24) is 0 Å². The van der Waals surface area contributed by atoms with Crippen LogP contribution in [0.25, 0.3) is 0 Å². The highest BCUT2D eigenvalue weighted by Gasteiger charge is 2.18. The van der Waals surface area contributed by atoms with E-state index in [0.29, 0.717) is 16.8 Å². The first-order chi connectivity index (χ1) is 9.85. The third kappa shape index (κ3) is 12.5. The lowest BCUT2D eigenvalue weighted by atomic mass is 10.3. The molecule has 1 aromatic carbocycles. The van der Waals surface area contributed by atoms with Crippen LogP contribution in [0.15, 0.2) is 30.3 Å². The Morgan fingerprint density at radius 3 is 1.86 bits per heavy atom. The van der Waals surface area contributed by atoms with Crippen molar-refractivity contribution in [2.45, 2.75) is 0 Å². The first-order valence-corrected chi connectivity index (χ1v) is 9.05. The van der Waals surface area contributed by atoms with Crippen molar-refractivity contribution in [3.63, 3.8) is 0 Å². The summed E-state index contributed by atoms with van der Waals surface area (Å²) < 4.78 is 59.8. The lowest BCUT2D eigenvalue weighted by Gasteiger charge is -2.23. The van der Waals surface area contributed by atoms with E-state index in [-0.39, 0.29) is 5.75 Å². The molecular weight excluding hydrogens is 334 g/mol. The molecule has 0 heterocycles. The molecule has 10 heteroatoms. The van der Waals surface area contributed by atoms with Gasteiger partial charge < -0.3 is 13.2 Å². The average Bonchev–Trinajstić information content (AvgIpc) is 2.36. The quantitative estimate of drug-likeness (QED) is 0.310. The van der Waals surface area contributed by atoms with E-state index >= 15 is 0 Å². The molecule has 22 heavy (non-hydrogen) atoms. The third-order valence-electron chi connectivity index (χ3n) is 2.18. The average molecular weight is 355 g/mol. The van der Waals surface area contributed by atoms with Crippen LogP contribution in [0.4, 0.5) is 0 Å². The summed E-state index contributed by atoms with van der Waals surface area (Å²) in [6.07, 6.45) is 0. The second-order valence-corrected chi connectivity index (χ2v) is 8.09. The van der Waals surface area contributed by atoms with Crippen LogP contribution in [0.3, 0.4) is 0 Å². The largest absolute Gasteiger partial charge is 0.726 e. The predicted molar refractivity (Wildman–Crippen MR) is 80.5 cm³/mol. The molecule has 0 fully saturated rings. The van der Waals surface area contributed by atoms with E-state index in [1.165, 1.54) is 0 Å². The van der Waals surface area contributed by atoms with Gasteiger partial charge in [0.05, 0.1) is 34.8 Å². The van der Waals surface area contributed by atoms with E-state index in [2.05, 4.69) is 4.18 Å². The Morgan fingerprint density at radius 2 is 1.50 bits per heavy atom. The maximum atomic E-state index is 11.6. The monoisotopic (exact) mass is 355 g/mol. The van der Waals surface area contributed by atoms with Crippen LogP contribution < -0.4 is 4.18 Å². The molecule has 0 saturated carbocycles. The highest BCUT2D eigenvalue weighted by atomic mass is 32.3. The van der Waals surface area contributed by atoms with Crippen LogP contribution in [0.2, 0.25) is 0 Å². The van der Waals surface area contributed by atoms with Gasteiger partial charge in [-0.2, -0.15) is 8.42 Å². The fourth-order valence-corrected chi connectivity index (χ4v) is 2.31. The summed E-state index contributed by atoms with van der Waals surface area (Å²) in [4.78, 5) is 0. The zero-order valence-electron chi connectivity index (χ0n) is 12.9. The van der Waals surface area contributed by atoms with Gasteiger partial charge in [-0.3, -0.25) is 4.18 Å². The van der Waals surface area contributed by atoms with Gasteiger partial charge in [-0.1, -0.05) is 18.2 Å². The van der Waals surface area contributed by atoms with Crippen molar-refractivity contribution in [3.05, 3.63) is 30.3 Å². The molecule has 0 atom stereocenters. The zero-order valence-corrected chi connectivity index (χ0v) is 14.6. The van der Waals surface area contributed by atoms with Gasteiger partial charge in [0, 0.05) is 0 Å². The second-order valence-electron chi connectivity index (χ2n) is 5.25. The first kappa shape index (κ1) is 20.8. The molecule has 0 amide bonds. The number of hydrogen-bond acceptors (Lipinski definition) is 7. The molecule has 0 aliphatic heterocycles. The third-order valence-corrected chi connectivity index (χ3v) is 3.72. The fourth-order valence-electron chi connectivity index (χ4n) is 1.05. The summed E-state index contributed by atoms with van der Waals surface area (Å²) in [5.74, 6) is 0.384. The number of hydrogen-bond donors (Lipinski definition) is 0. The van der Waals surface area contributed by atoms with Gasteiger partial charge in [-0.25, -0.2) is 8.42 Å². The van der Waals surface area contributed by atoms with Crippen LogP contribution in [-0.4, -0.2) is 66.4 Å². The maximum absolute atomic E-state index is 11.6. The molecule has 1 rings (SSSR count). The predicted octanol–water partition coefficient (Wildman–Crippen LogP) is 0.194. The molecule has 0 saturated heterocycles. The minimum atomic E-state index is -4.41. The van der Waals surface area contributed by atoms with Gasteiger partial charge in [-0.05, 0) is 12.1 Å². The van der Waals surface area contributed by atoms with Crippen molar-refractivity contribution >= 4 is 20.5 Å². The second kappa shape index (κ2) is 8.44. The minimum absolute atomic E-state index is 0.0192. The zero-order chi connectivity index (χ0) is 17.4. The molecular formula is C12H21NO7S2. The van der Waals surface area contributed by atoms with Gasteiger partial charge in [0.2, 0.25) is 10.4 Å². The Hall–Kier alpha value is -1.20. The normalized spacial score (nSPS) is 12.2. The topological polar surface area (TPSA) is 110 Å². The summed E-state index contributed by atoms with van der Waals surface area (Å²) in [5, 5.41) is 0.